The van der Waals surface area contributed by atoms with Crippen LogP contribution in [0.25, 0.3) is 16.6 Å². The second-order valence-corrected chi connectivity index (χ2v) is 8.94. The quantitative estimate of drug-likeness (QED) is 0.461. The van der Waals surface area contributed by atoms with Gasteiger partial charge in [0.05, 0.1) is 21.8 Å². The monoisotopic (exact) mass is 425 g/mol. The molecule has 1 fully saturated rings. The lowest BCUT2D eigenvalue weighted by Crippen LogP contribution is -2.40. The molecule has 4 rings (SSSR count). The molecule has 0 radical (unpaired) electrons. The molecule has 1 unspecified atom stereocenters. The first-order valence-corrected chi connectivity index (χ1v) is 11.1. The Morgan fingerprint density at radius 2 is 1.87 bits per heavy atom. The number of benzene rings is 2. The number of rotatable bonds is 4. The molecule has 1 aliphatic rings. The van der Waals surface area contributed by atoms with Crippen molar-refractivity contribution in [2.24, 2.45) is 0 Å². The lowest BCUT2D eigenvalue weighted by Gasteiger charge is -2.29. The minimum Gasteiger partial charge on any atom is -0.342 e. The van der Waals surface area contributed by atoms with Crippen LogP contribution < -0.4 is 5.56 Å². The first-order chi connectivity index (χ1) is 14.5. The highest BCUT2D eigenvalue weighted by atomic mass is 32.2. The number of nitrogens with zero attached hydrogens (tertiary/aromatic N) is 3. The smallest absolute Gasteiger partial charge is 0.266 e. The van der Waals surface area contributed by atoms with Gasteiger partial charge in [-0.1, -0.05) is 30.0 Å². The van der Waals surface area contributed by atoms with Gasteiger partial charge in [0.15, 0.2) is 5.16 Å². The maximum atomic E-state index is 14.3. The highest BCUT2D eigenvalue weighted by Crippen LogP contribution is 2.27. The number of aryl methyl sites for hydroxylation is 1. The van der Waals surface area contributed by atoms with Gasteiger partial charge in [0.2, 0.25) is 5.91 Å². The van der Waals surface area contributed by atoms with Crippen LogP contribution in [-0.2, 0) is 4.79 Å². The summed E-state index contributed by atoms with van der Waals surface area (Å²) in [6, 6.07) is 11.8. The number of thioether (sulfide) groups is 1. The molecule has 0 spiro atoms. The number of carbonyl (C=O) groups is 1. The van der Waals surface area contributed by atoms with Gasteiger partial charge in [-0.05, 0) is 62.9 Å². The summed E-state index contributed by atoms with van der Waals surface area (Å²) in [6.07, 6.45) is 3.19. The number of fused-ring (bicyclic) bond motifs is 1. The zero-order valence-electron chi connectivity index (χ0n) is 17.1. The Morgan fingerprint density at radius 1 is 1.13 bits per heavy atom. The molecule has 1 aromatic heterocycles. The van der Waals surface area contributed by atoms with Crippen LogP contribution in [0.2, 0.25) is 0 Å². The first kappa shape index (κ1) is 20.6. The second-order valence-electron chi connectivity index (χ2n) is 7.63. The van der Waals surface area contributed by atoms with Crippen molar-refractivity contribution in [3.8, 4) is 5.69 Å². The fourth-order valence-electron chi connectivity index (χ4n) is 3.72. The third-order valence-corrected chi connectivity index (χ3v) is 6.50. The third-order valence-electron chi connectivity index (χ3n) is 5.46. The molecule has 3 aromatic rings. The standard InChI is InChI=1S/C23H24FN3O2S/c1-15-10-11-17(14-19(15)24)27-22(29)18-8-4-5-9-20(18)25-23(27)30-16(2)21(28)26-12-6-3-7-13-26/h4-5,8-11,14,16H,3,6-7,12-13H2,1-2H3. The zero-order chi connectivity index (χ0) is 21.3. The Bertz CT molecular complexity index is 1150. The van der Waals surface area contributed by atoms with Gasteiger partial charge in [0.1, 0.15) is 5.82 Å². The van der Waals surface area contributed by atoms with Gasteiger partial charge in [0.25, 0.3) is 5.56 Å². The van der Waals surface area contributed by atoms with E-state index in [2.05, 4.69) is 4.98 Å². The molecule has 0 bridgehead atoms. The Kier molecular flexibility index (Phi) is 5.90. The lowest BCUT2D eigenvalue weighted by atomic mass is 10.1. The van der Waals surface area contributed by atoms with E-state index in [1.54, 1.807) is 37.3 Å². The van der Waals surface area contributed by atoms with Crippen LogP contribution in [0.1, 0.15) is 31.7 Å². The first-order valence-electron chi connectivity index (χ1n) is 10.2. The predicted molar refractivity (Wildman–Crippen MR) is 118 cm³/mol. The summed E-state index contributed by atoms with van der Waals surface area (Å²) >= 11 is 1.24. The summed E-state index contributed by atoms with van der Waals surface area (Å²) in [5.41, 5.74) is 1.19. The molecule has 1 aliphatic heterocycles. The van der Waals surface area contributed by atoms with Crippen LogP contribution in [-0.4, -0.2) is 38.7 Å². The van der Waals surface area contributed by atoms with Crippen molar-refractivity contribution in [2.75, 3.05) is 13.1 Å². The minimum atomic E-state index is -0.405. The van der Waals surface area contributed by atoms with Gasteiger partial charge < -0.3 is 4.90 Å². The van der Waals surface area contributed by atoms with E-state index in [9.17, 15) is 14.0 Å². The normalized spacial score (nSPS) is 15.4. The van der Waals surface area contributed by atoms with E-state index in [4.69, 9.17) is 0 Å². The van der Waals surface area contributed by atoms with Crippen LogP contribution in [0.3, 0.4) is 0 Å². The zero-order valence-corrected chi connectivity index (χ0v) is 17.9. The second kappa shape index (κ2) is 8.60. The largest absolute Gasteiger partial charge is 0.342 e. The van der Waals surface area contributed by atoms with Crippen molar-refractivity contribution in [3.63, 3.8) is 0 Å². The van der Waals surface area contributed by atoms with E-state index >= 15 is 0 Å². The molecule has 1 atom stereocenters. The van der Waals surface area contributed by atoms with Gasteiger partial charge in [0, 0.05) is 13.1 Å². The fourth-order valence-corrected chi connectivity index (χ4v) is 4.73. The SMILES string of the molecule is Cc1ccc(-n2c(SC(C)C(=O)N3CCCCC3)nc3ccccc3c2=O)cc1F. The highest BCUT2D eigenvalue weighted by Gasteiger charge is 2.25. The highest BCUT2D eigenvalue weighted by molar-refractivity contribution is 8.00. The van der Waals surface area contributed by atoms with Crippen LogP contribution in [0.15, 0.2) is 52.4 Å². The van der Waals surface area contributed by atoms with E-state index in [-0.39, 0.29) is 17.3 Å². The van der Waals surface area contributed by atoms with Gasteiger partial charge in [-0.3, -0.25) is 14.2 Å². The Balaban J connectivity index is 1.78. The van der Waals surface area contributed by atoms with E-state index in [1.165, 1.54) is 22.4 Å². The number of hydrogen-bond acceptors (Lipinski definition) is 4. The van der Waals surface area contributed by atoms with Crippen molar-refractivity contribution >= 4 is 28.6 Å². The number of likely N-dealkylation sites (tertiary alicyclic amines) is 1. The fraction of sp³-hybridized carbons (Fsp3) is 0.348. The van der Waals surface area contributed by atoms with Crippen molar-refractivity contribution in [2.45, 2.75) is 43.5 Å². The van der Waals surface area contributed by atoms with Gasteiger partial charge in [-0.15, -0.1) is 0 Å². The Morgan fingerprint density at radius 3 is 2.60 bits per heavy atom. The molecule has 2 heterocycles. The van der Waals surface area contributed by atoms with E-state index in [1.807, 2.05) is 17.9 Å². The average molecular weight is 426 g/mol. The van der Waals surface area contributed by atoms with Crippen molar-refractivity contribution in [1.82, 2.24) is 14.5 Å². The van der Waals surface area contributed by atoms with Gasteiger partial charge in [-0.25, -0.2) is 9.37 Å². The Hall–Kier alpha value is -2.67. The van der Waals surface area contributed by atoms with Crippen molar-refractivity contribution in [1.29, 1.82) is 0 Å². The van der Waals surface area contributed by atoms with Crippen molar-refractivity contribution < 1.29 is 9.18 Å². The molecule has 0 N–H and O–H groups in total. The molecule has 7 heteroatoms. The number of halogens is 1. The summed E-state index contributed by atoms with van der Waals surface area (Å²) in [5.74, 6) is -0.343. The molecule has 1 amide bonds. The van der Waals surface area contributed by atoms with Gasteiger partial charge in [-0.2, -0.15) is 0 Å². The average Bonchev–Trinajstić information content (AvgIpc) is 2.76. The maximum Gasteiger partial charge on any atom is 0.266 e. The number of para-hydroxylation sites is 1. The number of amides is 1. The molecular formula is C23H24FN3O2S. The summed E-state index contributed by atoms with van der Waals surface area (Å²) < 4.78 is 15.7. The summed E-state index contributed by atoms with van der Waals surface area (Å²) in [6.45, 7) is 5.05. The van der Waals surface area contributed by atoms with Gasteiger partial charge >= 0.3 is 0 Å². The number of aromatic nitrogens is 2. The summed E-state index contributed by atoms with van der Waals surface area (Å²) in [7, 11) is 0. The lowest BCUT2D eigenvalue weighted by molar-refractivity contribution is -0.131. The van der Waals surface area contributed by atoms with E-state index in [0.29, 0.717) is 27.3 Å². The molecule has 2 aromatic carbocycles. The van der Waals surface area contributed by atoms with Crippen molar-refractivity contribution in [3.05, 3.63) is 64.2 Å². The molecule has 30 heavy (non-hydrogen) atoms. The predicted octanol–water partition coefficient (Wildman–Crippen LogP) is 4.33. The van der Waals surface area contributed by atoms with E-state index < -0.39 is 5.25 Å². The molecule has 0 saturated carbocycles. The third kappa shape index (κ3) is 3.99. The summed E-state index contributed by atoms with van der Waals surface area (Å²) in [5, 5.41) is 0.440. The molecule has 5 nitrogen and oxygen atoms in total. The van der Waals surface area contributed by atoms with Crippen LogP contribution in [0.5, 0.6) is 0 Å². The summed E-state index contributed by atoms with van der Waals surface area (Å²) in [4.78, 5) is 32.8. The maximum absolute atomic E-state index is 14.3. The molecule has 0 aliphatic carbocycles. The van der Waals surface area contributed by atoms with E-state index in [0.717, 1.165) is 32.4 Å². The molecule has 1 saturated heterocycles. The number of piperidine rings is 1. The minimum absolute atomic E-state index is 0.0451. The molecule has 156 valence electrons. The van der Waals surface area contributed by atoms with Crippen LogP contribution in [0, 0.1) is 12.7 Å². The number of hydrogen-bond donors (Lipinski definition) is 0. The Labute approximate surface area is 178 Å². The van der Waals surface area contributed by atoms with Crippen LogP contribution in [0.4, 0.5) is 4.39 Å². The number of carbonyl (C=O) groups excluding carboxylic acids is 1. The topological polar surface area (TPSA) is 55.2 Å². The van der Waals surface area contributed by atoms with Crippen LogP contribution >= 0.6 is 11.8 Å². The molecular weight excluding hydrogens is 401 g/mol.